The van der Waals surface area contributed by atoms with Crippen LogP contribution in [0.5, 0.6) is 0 Å². The third-order valence-electron chi connectivity index (χ3n) is 6.77. The van der Waals surface area contributed by atoms with Crippen molar-refractivity contribution in [2.75, 3.05) is 5.32 Å². The van der Waals surface area contributed by atoms with Gasteiger partial charge in [-0.3, -0.25) is 4.79 Å². The van der Waals surface area contributed by atoms with Crippen molar-refractivity contribution in [2.45, 2.75) is 32.7 Å². The molecule has 1 amide bonds. The first kappa shape index (κ1) is 21.1. The van der Waals surface area contributed by atoms with E-state index in [1.165, 1.54) is 0 Å². The van der Waals surface area contributed by atoms with Gasteiger partial charge in [-0.15, -0.1) is 0 Å². The Kier molecular flexibility index (Phi) is 4.70. The second-order valence-corrected chi connectivity index (χ2v) is 8.80. The third kappa shape index (κ3) is 3.13. The summed E-state index contributed by atoms with van der Waals surface area (Å²) in [6, 6.07) is 15.8. The van der Waals surface area contributed by atoms with Crippen LogP contribution in [0.3, 0.4) is 0 Å². The molecule has 0 radical (unpaired) electrons. The second kappa shape index (κ2) is 7.80. The third-order valence-corrected chi connectivity index (χ3v) is 6.77. The monoisotopic (exact) mass is 461 g/mol. The van der Waals surface area contributed by atoms with Crippen molar-refractivity contribution in [3.63, 3.8) is 0 Å². The van der Waals surface area contributed by atoms with Crippen LogP contribution in [-0.4, -0.2) is 35.4 Å². The quantitative estimate of drug-likeness (QED) is 0.422. The molecule has 5 aromatic rings. The largest absolute Gasteiger partial charge is 0.325 e. The van der Waals surface area contributed by atoms with Crippen molar-refractivity contribution in [2.24, 2.45) is 0 Å². The van der Waals surface area contributed by atoms with Crippen LogP contribution in [0.4, 0.5) is 5.69 Å². The Morgan fingerprint density at radius 2 is 1.74 bits per heavy atom. The molecule has 172 valence electrons. The number of rotatable bonds is 4. The summed E-state index contributed by atoms with van der Waals surface area (Å²) in [4.78, 5) is 35.9. The number of imidazole rings is 1. The first-order chi connectivity index (χ1) is 17.0. The Morgan fingerprint density at radius 1 is 0.971 bits per heavy atom. The van der Waals surface area contributed by atoms with Crippen LogP contribution in [0, 0.1) is 6.92 Å². The molecule has 0 fully saturated rings. The summed E-state index contributed by atoms with van der Waals surface area (Å²) < 4.78 is 2.04. The molecule has 35 heavy (non-hydrogen) atoms. The molecule has 0 spiro atoms. The zero-order chi connectivity index (χ0) is 24.2. The number of anilines is 1. The van der Waals surface area contributed by atoms with E-state index in [0.717, 1.165) is 39.4 Å². The molecule has 8 nitrogen and oxygen atoms in total. The van der Waals surface area contributed by atoms with E-state index < -0.39 is 5.41 Å². The number of carbonyl (C=O) groups excluding carboxylic acids is 1. The van der Waals surface area contributed by atoms with Crippen LogP contribution in [0.1, 0.15) is 30.8 Å². The maximum atomic E-state index is 13.1. The zero-order valence-corrected chi connectivity index (χ0v) is 19.6. The number of hydrogen-bond donors (Lipinski definition) is 1. The van der Waals surface area contributed by atoms with Gasteiger partial charge in [0, 0.05) is 30.2 Å². The van der Waals surface area contributed by atoms with Crippen LogP contribution in [-0.2, 0) is 16.8 Å². The Hall–Kier alpha value is -4.46. The van der Waals surface area contributed by atoms with Gasteiger partial charge in [-0.25, -0.2) is 24.9 Å². The van der Waals surface area contributed by atoms with Crippen molar-refractivity contribution in [1.82, 2.24) is 29.5 Å². The first-order valence-corrected chi connectivity index (χ1v) is 11.5. The van der Waals surface area contributed by atoms with Gasteiger partial charge in [0.2, 0.25) is 5.91 Å². The zero-order valence-electron chi connectivity index (χ0n) is 19.6. The molecule has 0 aliphatic carbocycles. The summed E-state index contributed by atoms with van der Waals surface area (Å²) in [6.45, 7) is 6.56. The van der Waals surface area contributed by atoms with Crippen LogP contribution < -0.4 is 5.32 Å². The van der Waals surface area contributed by atoms with Gasteiger partial charge in [0.05, 0.1) is 11.0 Å². The minimum Gasteiger partial charge on any atom is -0.325 e. The molecule has 1 N–H and O–H groups in total. The maximum absolute atomic E-state index is 13.1. The molecular weight excluding hydrogens is 438 g/mol. The average Bonchev–Trinajstić information content (AvgIpc) is 3.40. The van der Waals surface area contributed by atoms with Crippen LogP contribution in [0.2, 0.25) is 0 Å². The summed E-state index contributed by atoms with van der Waals surface area (Å²) in [5.74, 6) is 1.41. The number of hydrogen-bond acceptors (Lipinski definition) is 6. The van der Waals surface area contributed by atoms with Gasteiger partial charge < -0.3 is 9.88 Å². The highest BCUT2D eigenvalue weighted by atomic mass is 16.2. The fraction of sp³-hybridized carbons (Fsp3) is 0.185. The van der Waals surface area contributed by atoms with E-state index in [9.17, 15) is 4.79 Å². The van der Waals surface area contributed by atoms with Gasteiger partial charge in [0.1, 0.15) is 29.2 Å². The molecule has 2 aromatic carbocycles. The lowest BCUT2D eigenvalue weighted by molar-refractivity contribution is -0.119. The molecule has 1 aliphatic heterocycles. The minimum atomic E-state index is -0.800. The molecule has 1 aliphatic rings. The summed E-state index contributed by atoms with van der Waals surface area (Å²) in [5, 5.41) is 3.05. The second-order valence-electron chi connectivity index (χ2n) is 8.80. The summed E-state index contributed by atoms with van der Waals surface area (Å²) in [5.41, 5.74) is 5.73. The molecule has 8 heteroatoms. The van der Waals surface area contributed by atoms with E-state index >= 15 is 0 Å². The van der Waals surface area contributed by atoms with Gasteiger partial charge >= 0.3 is 0 Å². The van der Waals surface area contributed by atoms with Gasteiger partial charge in [-0.2, -0.15) is 0 Å². The molecular formula is C27H23N7O. The number of nitrogens with one attached hydrogen (secondary N) is 1. The standard InChI is InChI=1S/C27H23N7O/c1-4-34-24(18-13-28-16(2)29-14-18)33-23-22(30-15-31-25(23)34)17-10-11-21-20(12-17)27(3,26(35)32-21)19-8-6-5-7-9-19/h5-15H,4H2,1-3H3,(H,32,35). The van der Waals surface area contributed by atoms with Gasteiger partial charge in [0.15, 0.2) is 5.65 Å². The SMILES string of the molecule is CCn1c(-c2cnc(C)nc2)nc2c(-c3ccc4c(c3)C(C)(c3ccccc3)C(=O)N4)ncnc21. The number of nitrogens with zero attached hydrogens (tertiary/aromatic N) is 6. The maximum Gasteiger partial charge on any atom is 0.239 e. The van der Waals surface area contributed by atoms with E-state index in [0.29, 0.717) is 23.6 Å². The number of aryl methyl sites for hydroxylation is 2. The van der Waals surface area contributed by atoms with Crippen molar-refractivity contribution < 1.29 is 4.79 Å². The summed E-state index contributed by atoms with van der Waals surface area (Å²) in [6.07, 6.45) is 5.12. The van der Waals surface area contributed by atoms with E-state index in [1.807, 2.05) is 66.9 Å². The molecule has 3 aromatic heterocycles. The van der Waals surface area contributed by atoms with Crippen LogP contribution in [0.25, 0.3) is 33.8 Å². The molecule has 1 atom stereocenters. The molecule has 6 rings (SSSR count). The van der Waals surface area contributed by atoms with Crippen LogP contribution >= 0.6 is 0 Å². The average molecular weight is 462 g/mol. The predicted octanol–water partition coefficient (Wildman–Crippen LogP) is 4.54. The Balaban J connectivity index is 1.54. The van der Waals surface area contributed by atoms with Gasteiger partial charge in [0.25, 0.3) is 0 Å². The molecule has 0 bridgehead atoms. The molecule has 0 saturated carbocycles. The number of carbonyl (C=O) groups is 1. The Labute approximate surface area is 202 Å². The highest BCUT2D eigenvalue weighted by Crippen LogP contribution is 2.44. The normalized spacial score (nSPS) is 16.9. The number of amides is 1. The van der Waals surface area contributed by atoms with Gasteiger partial charge in [-0.05, 0) is 44.0 Å². The Bertz CT molecular complexity index is 1590. The lowest BCUT2D eigenvalue weighted by atomic mass is 9.77. The van der Waals surface area contributed by atoms with Crippen LogP contribution in [0.15, 0.2) is 67.3 Å². The fourth-order valence-electron chi connectivity index (χ4n) is 4.82. The first-order valence-electron chi connectivity index (χ1n) is 11.5. The smallest absolute Gasteiger partial charge is 0.239 e. The van der Waals surface area contributed by atoms with E-state index in [2.05, 4.69) is 32.2 Å². The fourth-order valence-corrected chi connectivity index (χ4v) is 4.82. The number of benzene rings is 2. The van der Waals surface area contributed by atoms with E-state index in [1.54, 1.807) is 18.7 Å². The Morgan fingerprint density at radius 3 is 2.49 bits per heavy atom. The van der Waals surface area contributed by atoms with Crippen molar-refractivity contribution in [3.8, 4) is 22.6 Å². The molecule has 1 unspecified atom stereocenters. The topological polar surface area (TPSA) is 98.5 Å². The molecule has 0 saturated heterocycles. The summed E-state index contributed by atoms with van der Waals surface area (Å²) in [7, 11) is 0. The van der Waals surface area contributed by atoms with Crippen molar-refractivity contribution in [1.29, 1.82) is 0 Å². The highest BCUT2D eigenvalue weighted by molar-refractivity contribution is 6.09. The molecule has 4 heterocycles. The lowest BCUT2D eigenvalue weighted by Crippen LogP contribution is -2.32. The summed E-state index contributed by atoms with van der Waals surface area (Å²) >= 11 is 0. The van der Waals surface area contributed by atoms with E-state index in [-0.39, 0.29) is 5.91 Å². The minimum absolute atomic E-state index is 0.0411. The van der Waals surface area contributed by atoms with E-state index in [4.69, 9.17) is 4.98 Å². The number of fused-ring (bicyclic) bond motifs is 2. The van der Waals surface area contributed by atoms with Crippen molar-refractivity contribution >= 4 is 22.8 Å². The van der Waals surface area contributed by atoms with Gasteiger partial charge in [-0.1, -0.05) is 36.4 Å². The highest BCUT2D eigenvalue weighted by Gasteiger charge is 2.44. The lowest BCUT2D eigenvalue weighted by Gasteiger charge is -2.23. The number of aromatic nitrogens is 6. The van der Waals surface area contributed by atoms with Crippen molar-refractivity contribution in [3.05, 3.63) is 84.2 Å². The predicted molar refractivity (Wildman–Crippen MR) is 134 cm³/mol.